The number of ether oxygens (including phenoxy) is 2. The number of hydrogen-bond donors (Lipinski definition) is 1. The maximum Gasteiger partial charge on any atom is 0.124 e. The summed E-state index contributed by atoms with van der Waals surface area (Å²) in [6, 6.07) is 7.98. The van der Waals surface area contributed by atoms with Crippen LogP contribution in [0.2, 0.25) is 0 Å². The molecular weight excluding hydrogens is 238 g/mol. The van der Waals surface area contributed by atoms with E-state index < -0.39 is 0 Å². The van der Waals surface area contributed by atoms with E-state index in [2.05, 4.69) is 6.92 Å². The lowest BCUT2D eigenvalue weighted by Gasteiger charge is -2.30. The fraction of sp³-hybridized carbons (Fsp3) is 0.625. The molecule has 0 aromatic heterocycles. The highest BCUT2D eigenvalue weighted by Gasteiger charge is 2.23. The lowest BCUT2D eigenvalue weighted by atomic mass is 9.89. The Morgan fingerprint density at radius 2 is 1.89 bits per heavy atom. The molecule has 0 spiro atoms. The van der Waals surface area contributed by atoms with Crippen molar-refractivity contribution in [1.82, 2.24) is 0 Å². The standard InChI is InChI=1S/C16H25NO2/c1-12-7-9-13(10-8-12)19-16(11-17)14-5-3-4-6-15(14)18-2/h3-6,12-13,16H,7-11,17H2,1-2H3. The van der Waals surface area contributed by atoms with E-state index in [4.69, 9.17) is 15.2 Å². The summed E-state index contributed by atoms with van der Waals surface area (Å²) in [5.41, 5.74) is 6.95. The molecule has 0 heterocycles. The third kappa shape index (κ3) is 3.71. The number of benzene rings is 1. The first-order valence-corrected chi connectivity index (χ1v) is 7.23. The largest absolute Gasteiger partial charge is 0.496 e. The minimum atomic E-state index is -0.0606. The van der Waals surface area contributed by atoms with Crippen LogP contribution in [0.3, 0.4) is 0 Å². The fourth-order valence-corrected chi connectivity index (χ4v) is 2.79. The molecule has 0 saturated heterocycles. The van der Waals surface area contributed by atoms with Gasteiger partial charge in [0.25, 0.3) is 0 Å². The zero-order valence-electron chi connectivity index (χ0n) is 12.0. The van der Waals surface area contributed by atoms with Crippen LogP contribution in [-0.4, -0.2) is 19.8 Å². The highest BCUT2D eigenvalue weighted by atomic mass is 16.5. The number of nitrogens with two attached hydrogens (primary N) is 1. The summed E-state index contributed by atoms with van der Waals surface area (Å²) in [6.45, 7) is 2.81. The van der Waals surface area contributed by atoms with Crippen molar-refractivity contribution in [3.8, 4) is 5.75 Å². The minimum Gasteiger partial charge on any atom is -0.496 e. The van der Waals surface area contributed by atoms with Gasteiger partial charge in [-0.3, -0.25) is 0 Å². The van der Waals surface area contributed by atoms with Gasteiger partial charge in [0.05, 0.1) is 19.3 Å². The van der Waals surface area contributed by atoms with Gasteiger partial charge >= 0.3 is 0 Å². The molecule has 0 bridgehead atoms. The molecule has 3 heteroatoms. The van der Waals surface area contributed by atoms with E-state index in [1.165, 1.54) is 12.8 Å². The summed E-state index contributed by atoms with van der Waals surface area (Å²) in [5, 5.41) is 0. The van der Waals surface area contributed by atoms with Crippen molar-refractivity contribution < 1.29 is 9.47 Å². The zero-order valence-corrected chi connectivity index (χ0v) is 12.0. The number of rotatable bonds is 5. The second-order valence-corrected chi connectivity index (χ2v) is 5.48. The first-order valence-electron chi connectivity index (χ1n) is 7.23. The Labute approximate surface area is 116 Å². The first kappa shape index (κ1) is 14.4. The fourth-order valence-electron chi connectivity index (χ4n) is 2.79. The maximum absolute atomic E-state index is 6.21. The molecule has 3 nitrogen and oxygen atoms in total. The minimum absolute atomic E-state index is 0.0606. The topological polar surface area (TPSA) is 44.5 Å². The van der Waals surface area contributed by atoms with Gasteiger partial charge in [-0.05, 0) is 37.7 Å². The summed E-state index contributed by atoms with van der Waals surface area (Å²) in [7, 11) is 1.69. The van der Waals surface area contributed by atoms with Crippen LogP contribution in [0.4, 0.5) is 0 Å². The Morgan fingerprint density at radius 1 is 1.21 bits per heavy atom. The highest BCUT2D eigenvalue weighted by molar-refractivity contribution is 5.35. The molecule has 0 aliphatic heterocycles. The molecule has 2 rings (SSSR count). The molecular formula is C16H25NO2. The van der Waals surface area contributed by atoms with Gasteiger partial charge in [-0.1, -0.05) is 25.1 Å². The Morgan fingerprint density at radius 3 is 2.53 bits per heavy atom. The number of para-hydroxylation sites is 1. The summed E-state index contributed by atoms with van der Waals surface area (Å²) in [6.07, 6.45) is 5.09. The van der Waals surface area contributed by atoms with Gasteiger partial charge in [-0.15, -0.1) is 0 Å². The lowest BCUT2D eigenvalue weighted by molar-refractivity contribution is -0.0335. The van der Waals surface area contributed by atoms with Crippen LogP contribution in [-0.2, 0) is 4.74 Å². The van der Waals surface area contributed by atoms with E-state index in [0.29, 0.717) is 12.6 Å². The molecule has 1 aromatic carbocycles. The molecule has 0 amide bonds. The van der Waals surface area contributed by atoms with Crippen LogP contribution >= 0.6 is 0 Å². The molecule has 1 aliphatic rings. The van der Waals surface area contributed by atoms with Crippen LogP contribution < -0.4 is 10.5 Å². The molecule has 1 aliphatic carbocycles. The third-order valence-corrected chi connectivity index (χ3v) is 4.02. The number of methoxy groups -OCH3 is 1. The van der Waals surface area contributed by atoms with Gasteiger partial charge in [0.2, 0.25) is 0 Å². The normalized spacial score (nSPS) is 25.0. The molecule has 2 N–H and O–H groups in total. The lowest BCUT2D eigenvalue weighted by Crippen LogP contribution is -2.26. The van der Waals surface area contributed by atoms with Crippen LogP contribution in [0, 0.1) is 5.92 Å². The predicted molar refractivity (Wildman–Crippen MR) is 77.3 cm³/mol. The molecule has 1 saturated carbocycles. The van der Waals surface area contributed by atoms with Crippen LogP contribution in [0.25, 0.3) is 0 Å². The number of hydrogen-bond acceptors (Lipinski definition) is 3. The van der Waals surface area contributed by atoms with Crippen LogP contribution in [0.5, 0.6) is 5.75 Å². The van der Waals surface area contributed by atoms with Crippen molar-refractivity contribution in [3.63, 3.8) is 0 Å². The van der Waals surface area contributed by atoms with Gasteiger partial charge in [0.1, 0.15) is 5.75 Å². The average Bonchev–Trinajstić information content (AvgIpc) is 2.46. The monoisotopic (exact) mass is 263 g/mol. The van der Waals surface area contributed by atoms with E-state index in [0.717, 1.165) is 30.1 Å². The Bertz CT molecular complexity index is 386. The molecule has 1 atom stereocenters. The van der Waals surface area contributed by atoms with Crippen molar-refractivity contribution >= 4 is 0 Å². The van der Waals surface area contributed by atoms with Crippen molar-refractivity contribution in [3.05, 3.63) is 29.8 Å². The molecule has 1 unspecified atom stereocenters. The first-order chi connectivity index (χ1) is 9.24. The van der Waals surface area contributed by atoms with E-state index in [1.54, 1.807) is 7.11 Å². The summed E-state index contributed by atoms with van der Waals surface area (Å²) >= 11 is 0. The smallest absolute Gasteiger partial charge is 0.124 e. The van der Waals surface area contributed by atoms with E-state index in [-0.39, 0.29) is 6.10 Å². The van der Waals surface area contributed by atoms with Gasteiger partial charge in [-0.25, -0.2) is 0 Å². The van der Waals surface area contributed by atoms with Gasteiger partial charge in [0.15, 0.2) is 0 Å². The Hall–Kier alpha value is -1.06. The molecule has 0 radical (unpaired) electrons. The molecule has 19 heavy (non-hydrogen) atoms. The Kier molecular flexibility index (Phi) is 5.23. The maximum atomic E-state index is 6.21. The van der Waals surface area contributed by atoms with E-state index in [9.17, 15) is 0 Å². The van der Waals surface area contributed by atoms with Crippen LogP contribution in [0.1, 0.15) is 44.3 Å². The van der Waals surface area contributed by atoms with Crippen molar-refractivity contribution in [1.29, 1.82) is 0 Å². The van der Waals surface area contributed by atoms with E-state index in [1.807, 2.05) is 24.3 Å². The van der Waals surface area contributed by atoms with Gasteiger partial charge in [-0.2, -0.15) is 0 Å². The molecule has 1 fully saturated rings. The third-order valence-electron chi connectivity index (χ3n) is 4.02. The summed E-state index contributed by atoms with van der Waals surface area (Å²) < 4.78 is 11.6. The van der Waals surface area contributed by atoms with E-state index >= 15 is 0 Å². The highest BCUT2D eigenvalue weighted by Crippen LogP contribution is 2.32. The van der Waals surface area contributed by atoms with Gasteiger partial charge < -0.3 is 15.2 Å². The van der Waals surface area contributed by atoms with Crippen LogP contribution in [0.15, 0.2) is 24.3 Å². The molecule has 1 aromatic rings. The van der Waals surface area contributed by atoms with Crippen molar-refractivity contribution in [2.45, 2.75) is 44.8 Å². The predicted octanol–water partition coefficient (Wildman–Crippen LogP) is 3.29. The van der Waals surface area contributed by atoms with Gasteiger partial charge in [0, 0.05) is 12.1 Å². The molecule has 106 valence electrons. The van der Waals surface area contributed by atoms with Crippen molar-refractivity contribution in [2.24, 2.45) is 11.7 Å². The second-order valence-electron chi connectivity index (χ2n) is 5.48. The zero-order chi connectivity index (χ0) is 13.7. The van der Waals surface area contributed by atoms with Crippen molar-refractivity contribution in [2.75, 3.05) is 13.7 Å². The average molecular weight is 263 g/mol. The quantitative estimate of drug-likeness (QED) is 0.886. The Balaban J connectivity index is 2.03. The second kappa shape index (κ2) is 6.92. The SMILES string of the molecule is COc1ccccc1C(CN)OC1CCC(C)CC1. The summed E-state index contributed by atoms with van der Waals surface area (Å²) in [4.78, 5) is 0. The summed E-state index contributed by atoms with van der Waals surface area (Å²) in [5.74, 6) is 1.70.